The van der Waals surface area contributed by atoms with Crippen molar-refractivity contribution in [2.45, 2.75) is 98.3 Å². The van der Waals surface area contributed by atoms with Crippen LogP contribution in [-0.4, -0.2) is 4.57 Å². The van der Waals surface area contributed by atoms with Crippen molar-refractivity contribution in [3.8, 4) is 78.6 Å². The summed E-state index contributed by atoms with van der Waals surface area (Å²) in [4.78, 5) is 0. The molecule has 9 aromatic rings. The van der Waals surface area contributed by atoms with E-state index in [4.69, 9.17) is 4.74 Å². The SMILES string of the molecule is CC(C)(C)c1cc2c(c(C(C)(C)C)c1)OC13c4c(cc(-c5ccccc5)cc4-c4cc(-c5ccccc5)cc[n+]41)-c1cccc4c1[n+]3c-2n4-c1ccc(C(C)(C)C(C)(C)C)cc1-c1ccccc1. The Morgan fingerprint density at radius 1 is 0.471 bits per heavy atom. The van der Waals surface area contributed by atoms with Gasteiger partial charge in [-0.15, -0.1) is 9.13 Å². The van der Waals surface area contributed by atoms with Gasteiger partial charge in [-0.1, -0.05) is 185 Å². The van der Waals surface area contributed by atoms with E-state index in [9.17, 15) is 0 Å². The highest BCUT2D eigenvalue weighted by Crippen LogP contribution is 2.57. The molecule has 0 amide bonds. The average Bonchev–Trinajstić information content (AvgIpc) is 3.82. The second-order valence-corrected chi connectivity index (χ2v) is 23.1. The number of hydrogen-bond acceptors (Lipinski definition) is 1. The molecule has 0 saturated carbocycles. The summed E-state index contributed by atoms with van der Waals surface area (Å²) in [5.74, 6) is 0.942. The molecule has 4 nitrogen and oxygen atoms in total. The molecule has 7 aromatic carbocycles. The van der Waals surface area contributed by atoms with Crippen LogP contribution in [0, 0.1) is 5.41 Å². The van der Waals surface area contributed by atoms with Gasteiger partial charge in [0.1, 0.15) is 16.8 Å². The molecule has 5 heterocycles. The van der Waals surface area contributed by atoms with Crippen molar-refractivity contribution in [2.75, 3.05) is 0 Å². The van der Waals surface area contributed by atoms with Crippen molar-refractivity contribution >= 4 is 11.0 Å². The molecule has 0 fully saturated rings. The summed E-state index contributed by atoms with van der Waals surface area (Å²) >= 11 is 0. The zero-order valence-corrected chi connectivity index (χ0v) is 41.4. The molecule has 68 heavy (non-hydrogen) atoms. The quantitative estimate of drug-likeness (QED) is 0.158. The Kier molecular flexibility index (Phi) is 8.87. The fourth-order valence-electron chi connectivity index (χ4n) is 11.2. The van der Waals surface area contributed by atoms with Gasteiger partial charge < -0.3 is 4.74 Å². The zero-order valence-electron chi connectivity index (χ0n) is 41.4. The largest absolute Gasteiger partial charge is 0.499 e. The van der Waals surface area contributed by atoms with Gasteiger partial charge in [-0.25, -0.2) is 0 Å². The van der Waals surface area contributed by atoms with Crippen LogP contribution in [0.3, 0.4) is 0 Å². The molecule has 0 aliphatic carbocycles. The number of para-hydroxylation sites is 1. The van der Waals surface area contributed by atoms with Gasteiger partial charge in [0.05, 0.1) is 5.56 Å². The molecular weight excluding hydrogens is 827 g/mol. The Balaban J connectivity index is 1.29. The van der Waals surface area contributed by atoms with E-state index in [1.54, 1.807) is 0 Å². The molecule has 1 unspecified atom stereocenters. The third-order valence-corrected chi connectivity index (χ3v) is 15.9. The Labute approximate surface area is 402 Å². The first-order valence-corrected chi connectivity index (χ1v) is 24.4. The summed E-state index contributed by atoms with van der Waals surface area (Å²) in [7, 11) is 0. The van der Waals surface area contributed by atoms with Gasteiger partial charge in [0.25, 0.3) is 0 Å². The lowest BCUT2D eigenvalue weighted by molar-refractivity contribution is -0.997. The molecule has 12 rings (SSSR count). The number of aromatic nitrogens is 3. The van der Waals surface area contributed by atoms with Crippen LogP contribution in [0.25, 0.3) is 83.9 Å². The van der Waals surface area contributed by atoms with E-state index in [1.807, 2.05) is 0 Å². The van der Waals surface area contributed by atoms with Crippen LogP contribution in [0.4, 0.5) is 0 Å². The van der Waals surface area contributed by atoms with E-state index in [1.165, 1.54) is 72.3 Å². The third-order valence-electron chi connectivity index (χ3n) is 15.9. The lowest BCUT2D eigenvalue weighted by atomic mass is 9.65. The molecule has 1 atom stereocenters. The first kappa shape index (κ1) is 42.3. The first-order valence-electron chi connectivity index (χ1n) is 24.4. The van der Waals surface area contributed by atoms with Crippen molar-refractivity contribution in [1.29, 1.82) is 0 Å². The minimum atomic E-state index is -1.10. The Hall–Kier alpha value is -7.04. The Morgan fingerprint density at radius 2 is 1.09 bits per heavy atom. The summed E-state index contributed by atoms with van der Waals surface area (Å²) in [6.07, 6.45) is 2.29. The number of nitrogens with zero attached hydrogens (tertiary/aromatic N) is 3. The number of benzene rings is 7. The van der Waals surface area contributed by atoms with Crippen LogP contribution >= 0.6 is 0 Å². The molecular formula is C64H61N3O+2. The molecule has 0 bridgehead atoms. The fourth-order valence-corrected chi connectivity index (χ4v) is 11.2. The van der Waals surface area contributed by atoms with Gasteiger partial charge >= 0.3 is 11.7 Å². The van der Waals surface area contributed by atoms with E-state index in [0.717, 1.165) is 39.6 Å². The van der Waals surface area contributed by atoms with Crippen molar-refractivity contribution < 1.29 is 13.9 Å². The van der Waals surface area contributed by atoms with Crippen molar-refractivity contribution in [3.63, 3.8) is 0 Å². The van der Waals surface area contributed by atoms with Gasteiger partial charge in [0, 0.05) is 34.4 Å². The summed E-state index contributed by atoms with van der Waals surface area (Å²) in [5.41, 5.74) is 20.9. The number of imidazole rings is 1. The van der Waals surface area contributed by atoms with Crippen LogP contribution in [0.1, 0.15) is 98.4 Å². The van der Waals surface area contributed by atoms with Crippen LogP contribution < -0.4 is 13.9 Å². The highest BCUT2D eigenvalue weighted by Gasteiger charge is 2.69. The molecule has 3 aliphatic heterocycles. The standard InChI is InChI=1S/C64H61N3O/c1-60(2,3)46-38-51-58(52(39-46)61(4,5)6)68-64-56-49(34-44(41-24-17-13-18-25-41)35-50(56)55-36-43(32-33-65(55)64)40-22-15-12-16-23-40)47-28-21-29-54-57(47)67(64)59(51)66(54)53-31-30-45(63(10,11)62(7,8)9)37-48(53)42-26-19-14-20-27-42/h12-39H,1-11H3/q+2. The highest BCUT2D eigenvalue weighted by atomic mass is 16.5. The predicted molar refractivity (Wildman–Crippen MR) is 279 cm³/mol. The minimum absolute atomic E-state index is 0.0240. The molecule has 1 spiro atoms. The van der Waals surface area contributed by atoms with E-state index < -0.39 is 5.85 Å². The van der Waals surface area contributed by atoms with E-state index in [-0.39, 0.29) is 21.7 Å². The van der Waals surface area contributed by atoms with E-state index in [0.29, 0.717) is 0 Å². The molecule has 2 aromatic heterocycles. The monoisotopic (exact) mass is 887 g/mol. The van der Waals surface area contributed by atoms with Crippen molar-refractivity contribution in [1.82, 2.24) is 4.57 Å². The maximum atomic E-state index is 8.20. The smallest absolute Gasteiger partial charge is 0.392 e. The third kappa shape index (κ3) is 5.92. The van der Waals surface area contributed by atoms with Crippen LogP contribution in [-0.2, 0) is 22.1 Å². The van der Waals surface area contributed by atoms with Crippen LogP contribution in [0.2, 0.25) is 0 Å². The number of ether oxygens (including phenoxy) is 1. The second kappa shape index (κ2) is 14.2. The van der Waals surface area contributed by atoms with E-state index in [2.05, 4.69) is 260 Å². The molecule has 3 aliphatic rings. The van der Waals surface area contributed by atoms with Gasteiger partial charge in [0.2, 0.25) is 5.69 Å². The van der Waals surface area contributed by atoms with Gasteiger partial charge in [-0.3, -0.25) is 0 Å². The van der Waals surface area contributed by atoms with Crippen molar-refractivity contribution in [2.24, 2.45) is 5.41 Å². The van der Waals surface area contributed by atoms with Crippen LogP contribution in [0.5, 0.6) is 5.75 Å². The van der Waals surface area contributed by atoms with Crippen LogP contribution in [0.15, 0.2) is 170 Å². The molecule has 336 valence electrons. The normalized spacial score (nSPS) is 15.8. The number of rotatable bonds is 5. The summed E-state index contributed by atoms with van der Waals surface area (Å²) < 4.78 is 15.8. The average molecular weight is 888 g/mol. The Bertz CT molecular complexity index is 3540. The zero-order chi connectivity index (χ0) is 47.3. The summed E-state index contributed by atoms with van der Waals surface area (Å²) in [5, 5.41) is 0. The van der Waals surface area contributed by atoms with Crippen molar-refractivity contribution in [3.05, 3.63) is 192 Å². The molecule has 0 saturated heterocycles. The topological polar surface area (TPSA) is 21.9 Å². The Morgan fingerprint density at radius 3 is 1.72 bits per heavy atom. The lowest BCUT2D eigenvalue weighted by Gasteiger charge is -2.39. The number of fused-ring (bicyclic) bond motifs is 5. The number of pyridine rings is 1. The highest BCUT2D eigenvalue weighted by molar-refractivity contribution is 6.00. The predicted octanol–water partition coefficient (Wildman–Crippen LogP) is 15.4. The molecule has 0 N–H and O–H groups in total. The molecule has 4 heteroatoms. The maximum absolute atomic E-state index is 8.20. The maximum Gasteiger partial charge on any atom is 0.499 e. The van der Waals surface area contributed by atoms with Gasteiger partial charge in [-0.05, 0) is 103 Å². The second-order valence-electron chi connectivity index (χ2n) is 23.1. The minimum Gasteiger partial charge on any atom is -0.392 e. The fraction of sp³-hybridized carbons (Fsp3) is 0.250. The lowest BCUT2D eigenvalue weighted by Crippen LogP contribution is -2.78. The van der Waals surface area contributed by atoms with Gasteiger partial charge in [-0.2, -0.15) is 4.57 Å². The molecule has 0 radical (unpaired) electrons. The van der Waals surface area contributed by atoms with E-state index >= 15 is 0 Å². The summed E-state index contributed by atoms with van der Waals surface area (Å²) in [6.45, 7) is 25.9. The summed E-state index contributed by atoms with van der Waals surface area (Å²) in [6, 6.07) is 61.3. The first-order chi connectivity index (χ1) is 32.4. The van der Waals surface area contributed by atoms with Gasteiger partial charge in [0.15, 0.2) is 23.0 Å². The number of hydrogen-bond donors (Lipinski definition) is 0.